The molecule has 0 aromatic heterocycles. The second kappa shape index (κ2) is 7.85. The maximum Gasteiger partial charge on any atom is 0.405 e. The predicted molar refractivity (Wildman–Crippen MR) is 80.9 cm³/mol. The summed E-state index contributed by atoms with van der Waals surface area (Å²) in [5.74, 6) is -1.35. The van der Waals surface area contributed by atoms with Crippen LogP contribution in [0.15, 0.2) is 0 Å². The van der Waals surface area contributed by atoms with E-state index < -0.39 is 30.1 Å². The highest BCUT2D eigenvalue weighted by Gasteiger charge is 2.36. The van der Waals surface area contributed by atoms with E-state index in [0.717, 1.165) is 0 Å². The largest absolute Gasteiger partial charge is 0.405 e. The molecule has 24 heavy (non-hydrogen) atoms. The molecule has 3 amide bonds. The Hall–Kier alpha value is -1.80. The number of carbonyl (C=O) groups excluding carboxylic acids is 3. The Morgan fingerprint density at radius 3 is 2.29 bits per heavy atom. The number of nitrogens with one attached hydrogen (secondary N) is 2. The summed E-state index contributed by atoms with van der Waals surface area (Å²) in [5, 5.41) is 4.45. The Morgan fingerprint density at radius 2 is 1.75 bits per heavy atom. The molecule has 2 N–H and O–H groups in total. The van der Waals surface area contributed by atoms with Crippen LogP contribution in [-0.2, 0) is 14.4 Å². The van der Waals surface area contributed by atoms with Gasteiger partial charge >= 0.3 is 6.18 Å². The van der Waals surface area contributed by atoms with E-state index in [4.69, 9.17) is 0 Å². The number of carbonyl (C=O) groups is 3. The minimum atomic E-state index is -4.49. The van der Waals surface area contributed by atoms with Crippen LogP contribution in [0.1, 0.15) is 40.0 Å². The smallest absolute Gasteiger partial charge is 0.355 e. The summed E-state index contributed by atoms with van der Waals surface area (Å²) in [4.78, 5) is 37.0. The van der Waals surface area contributed by atoms with Gasteiger partial charge in [-0.3, -0.25) is 14.4 Å². The number of alkyl halides is 3. The van der Waals surface area contributed by atoms with Gasteiger partial charge in [-0.2, -0.15) is 13.2 Å². The van der Waals surface area contributed by atoms with Crippen LogP contribution in [-0.4, -0.2) is 54.5 Å². The van der Waals surface area contributed by atoms with E-state index in [-0.39, 0.29) is 24.8 Å². The SMILES string of the molecule is CC(C)(C)C(=O)NCCC(=O)N1CCCC1C(=O)NCC(F)(F)F. The molecule has 138 valence electrons. The number of nitrogens with zero attached hydrogens (tertiary/aromatic N) is 1. The fourth-order valence-electron chi connectivity index (χ4n) is 2.33. The van der Waals surface area contributed by atoms with Gasteiger partial charge < -0.3 is 15.5 Å². The van der Waals surface area contributed by atoms with Gasteiger partial charge in [0.15, 0.2) is 0 Å². The molecule has 1 atom stereocenters. The summed E-state index contributed by atoms with van der Waals surface area (Å²) in [6, 6.07) is -0.877. The molecule has 1 unspecified atom stereocenters. The first-order valence-electron chi connectivity index (χ1n) is 7.84. The van der Waals surface area contributed by atoms with E-state index in [9.17, 15) is 27.6 Å². The van der Waals surface area contributed by atoms with Crippen LogP contribution in [0.2, 0.25) is 0 Å². The van der Waals surface area contributed by atoms with Crippen molar-refractivity contribution in [1.82, 2.24) is 15.5 Å². The molecule has 0 aliphatic carbocycles. The number of hydrogen-bond acceptors (Lipinski definition) is 3. The summed E-state index contributed by atoms with van der Waals surface area (Å²) in [6.07, 6.45) is -3.58. The molecule has 1 aliphatic heterocycles. The molecule has 1 heterocycles. The molecule has 1 aliphatic rings. The van der Waals surface area contributed by atoms with Gasteiger partial charge in [-0.05, 0) is 12.8 Å². The van der Waals surface area contributed by atoms with E-state index in [2.05, 4.69) is 5.32 Å². The van der Waals surface area contributed by atoms with Crippen LogP contribution in [0.4, 0.5) is 13.2 Å². The van der Waals surface area contributed by atoms with Gasteiger partial charge in [0, 0.05) is 24.9 Å². The lowest BCUT2D eigenvalue weighted by atomic mass is 9.96. The summed E-state index contributed by atoms with van der Waals surface area (Å²) >= 11 is 0. The summed E-state index contributed by atoms with van der Waals surface area (Å²) in [5.41, 5.74) is -0.573. The van der Waals surface area contributed by atoms with E-state index in [1.165, 1.54) is 4.90 Å². The second-order valence-electron chi connectivity index (χ2n) is 6.83. The maximum atomic E-state index is 12.2. The van der Waals surface area contributed by atoms with Gasteiger partial charge in [0.2, 0.25) is 17.7 Å². The molecule has 6 nitrogen and oxygen atoms in total. The lowest BCUT2D eigenvalue weighted by Gasteiger charge is -2.24. The number of halogens is 3. The average molecular weight is 351 g/mol. The van der Waals surface area contributed by atoms with Crippen molar-refractivity contribution in [3.63, 3.8) is 0 Å². The molecule has 0 saturated carbocycles. The molecule has 1 saturated heterocycles. The maximum absolute atomic E-state index is 12.2. The molecule has 0 radical (unpaired) electrons. The lowest BCUT2D eigenvalue weighted by Crippen LogP contribution is -2.48. The van der Waals surface area contributed by atoms with Crippen LogP contribution in [0.3, 0.4) is 0 Å². The summed E-state index contributed by atoms with van der Waals surface area (Å²) < 4.78 is 36.5. The van der Waals surface area contributed by atoms with Crippen LogP contribution in [0.25, 0.3) is 0 Å². The van der Waals surface area contributed by atoms with Gasteiger partial charge in [0.25, 0.3) is 0 Å². The summed E-state index contributed by atoms with van der Waals surface area (Å²) in [6.45, 7) is 4.27. The average Bonchev–Trinajstić information content (AvgIpc) is 2.92. The van der Waals surface area contributed by atoms with E-state index >= 15 is 0 Å². The van der Waals surface area contributed by atoms with E-state index in [0.29, 0.717) is 19.4 Å². The number of hydrogen-bond donors (Lipinski definition) is 2. The summed E-state index contributed by atoms with van der Waals surface area (Å²) in [7, 11) is 0. The molecule has 1 rings (SSSR count). The Kier molecular flexibility index (Phi) is 6.62. The topological polar surface area (TPSA) is 78.5 Å². The molecule has 9 heteroatoms. The fourth-order valence-corrected chi connectivity index (χ4v) is 2.33. The van der Waals surface area contributed by atoms with Crippen molar-refractivity contribution in [2.75, 3.05) is 19.6 Å². The molecule has 0 aromatic rings. The van der Waals surface area contributed by atoms with Crippen molar-refractivity contribution in [3.05, 3.63) is 0 Å². The number of rotatable bonds is 5. The van der Waals surface area contributed by atoms with Crippen LogP contribution in [0.5, 0.6) is 0 Å². The van der Waals surface area contributed by atoms with Gasteiger partial charge in [-0.1, -0.05) is 20.8 Å². The highest BCUT2D eigenvalue weighted by molar-refractivity contribution is 5.88. The van der Waals surface area contributed by atoms with Crippen molar-refractivity contribution in [3.8, 4) is 0 Å². The van der Waals surface area contributed by atoms with Crippen LogP contribution >= 0.6 is 0 Å². The zero-order valence-electron chi connectivity index (χ0n) is 14.1. The first kappa shape index (κ1) is 20.2. The minimum absolute atomic E-state index is 0.00483. The molecule has 1 fully saturated rings. The number of amides is 3. The first-order chi connectivity index (χ1) is 10.9. The Labute approximate surface area is 139 Å². The van der Waals surface area contributed by atoms with Gasteiger partial charge in [0.1, 0.15) is 12.6 Å². The van der Waals surface area contributed by atoms with Crippen molar-refractivity contribution in [1.29, 1.82) is 0 Å². The Balaban J connectivity index is 2.48. The Bertz CT molecular complexity index is 487. The highest BCUT2D eigenvalue weighted by Crippen LogP contribution is 2.19. The zero-order valence-corrected chi connectivity index (χ0v) is 14.1. The van der Waals surface area contributed by atoms with Crippen molar-refractivity contribution < 1.29 is 27.6 Å². The molecule has 0 bridgehead atoms. The predicted octanol–water partition coefficient (Wildman–Crippen LogP) is 1.21. The number of likely N-dealkylation sites (tertiary alicyclic amines) is 1. The molecule has 0 aromatic carbocycles. The third kappa shape index (κ3) is 6.37. The van der Waals surface area contributed by atoms with Crippen molar-refractivity contribution in [2.45, 2.75) is 52.3 Å². The van der Waals surface area contributed by atoms with E-state index in [1.807, 2.05) is 5.32 Å². The quantitative estimate of drug-likeness (QED) is 0.781. The van der Waals surface area contributed by atoms with Crippen LogP contribution in [0, 0.1) is 5.41 Å². The standard InChI is InChI=1S/C15H24F3N3O3/c1-14(2,3)13(24)19-7-6-11(22)21-8-4-5-10(21)12(23)20-9-15(16,17)18/h10H,4-9H2,1-3H3,(H,19,24)(H,20,23). The normalized spacial score (nSPS) is 18.4. The first-order valence-corrected chi connectivity index (χ1v) is 7.84. The lowest BCUT2D eigenvalue weighted by molar-refractivity contribution is -0.144. The van der Waals surface area contributed by atoms with Crippen molar-refractivity contribution >= 4 is 17.7 Å². The van der Waals surface area contributed by atoms with Gasteiger partial charge in [-0.15, -0.1) is 0 Å². The van der Waals surface area contributed by atoms with E-state index in [1.54, 1.807) is 20.8 Å². The third-order valence-corrected chi connectivity index (χ3v) is 3.64. The Morgan fingerprint density at radius 1 is 1.12 bits per heavy atom. The third-order valence-electron chi connectivity index (χ3n) is 3.64. The van der Waals surface area contributed by atoms with Crippen LogP contribution < -0.4 is 10.6 Å². The van der Waals surface area contributed by atoms with Gasteiger partial charge in [0.05, 0.1) is 0 Å². The highest BCUT2D eigenvalue weighted by atomic mass is 19.4. The van der Waals surface area contributed by atoms with Crippen molar-refractivity contribution in [2.24, 2.45) is 5.41 Å². The molecular weight excluding hydrogens is 327 g/mol. The zero-order chi connectivity index (χ0) is 18.5. The molecule has 0 spiro atoms. The monoisotopic (exact) mass is 351 g/mol. The minimum Gasteiger partial charge on any atom is -0.355 e. The van der Waals surface area contributed by atoms with Gasteiger partial charge in [-0.25, -0.2) is 0 Å². The fraction of sp³-hybridized carbons (Fsp3) is 0.800. The molecular formula is C15H24F3N3O3. The second-order valence-corrected chi connectivity index (χ2v) is 6.83.